The van der Waals surface area contributed by atoms with Gasteiger partial charge in [-0.15, -0.1) is 0 Å². The Morgan fingerprint density at radius 1 is 1.22 bits per heavy atom. The van der Waals surface area contributed by atoms with E-state index in [0.717, 1.165) is 19.5 Å². The summed E-state index contributed by atoms with van der Waals surface area (Å²) in [5, 5.41) is 0. The standard InChI is InChI=1S/C21H27NO/c1-15(2)14-18-19(21(18,3)4)20(23)22-12-10-17(11-13-22)16-8-6-5-7-9-16/h5-10,14,18-19H,11-13H2,1-4H3. The molecule has 0 radical (unpaired) electrons. The lowest BCUT2D eigenvalue weighted by molar-refractivity contribution is -0.133. The molecule has 23 heavy (non-hydrogen) atoms. The highest BCUT2D eigenvalue weighted by molar-refractivity contribution is 5.85. The van der Waals surface area contributed by atoms with Gasteiger partial charge < -0.3 is 4.90 Å². The van der Waals surface area contributed by atoms with E-state index in [0.29, 0.717) is 11.8 Å². The fourth-order valence-electron chi connectivity index (χ4n) is 3.80. The smallest absolute Gasteiger partial charge is 0.227 e. The van der Waals surface area contributed by atoms with Gasteiger partial charge in [0.1, 0.15) is 0 Å². The average molecular weight is 309 g/mol. The number of rotatable bonds is 3. The molecule has 0 saturated heterocycles. The van der Waals surface area contributed by atoms with Gasteiger partial charge in [0.15, 0.2) is 0 Å². The Bertz CT molecular complexity index is 650. The Labute approximate surface area is 139 Å². The molecule has 3 rings (SSSR count). The van der Waals surface area contributed by atoms with Crippen LogP contribution in [0.1, 0.15) is 39.7 Å². The second-order valence-corrected chi connectivity index (χ2v) is 7.70. The predicted octanol–water partition coefficient (Wildman–Crippen LogP) is 4.54. The molecule has 1 heterocycles. The van der Waals surface area contributed by atoms with Crippen molar-refractivity contribution in [3.05, 3.63) is 53.6 Å². The van der Waals surface area contributed by atoms with Crippen LogP contribution in [-0.4, -0.2) is 23.9 Å². The van der Waals surface area contributed by atoms with E-state index in [9.17, 15) is 4.79 Å². The lowest BCUT2D eigenvalue weighted by Crippen LogP contribution is -2.36. The second kappa shape index (κ2) is 5.99. The minimum absolute atomic E-state index is 0.109. The van der Waals surface area contributed by atoms with Crippen LogP contribution in [0.4, 0.5) is 0 Å². The molecule has 1 aliphatic heterocycles. The summed E-state index contributed by atoms with van der Waals surface area (Å²) in [7, 11) is 0. The van der Waals surface area contributed by atoms with Crippen LogP contribution in [0.5, 0.6) is 0 Å². The summed E-state index contributed by atoms with van der Waals surface area (Å²) in [6.45, 7) is 10.3. The maximum absolute atomic E-state index is 12.9. The van der Waals surface area contributed by atoms with Crippen LogP contribution >= 0.6 is 0 Å². The summed E-state index contributed by atoms with van der Waals surface area (Å²) >= 11 is 0. The van der Waals surface area contributed by atoms with E-state index in [2.05, 4.69) is 64.1 Å². The third-order valence-electron chi connectivity index (χ3n) is 5.36. The van der Waals surface area contributed by atoms with Gasteiger partial charge in [0.05, 0.1) is 5.92 Å². The Morgan fingerprint density at radius 2 is 1.91 bits per heavy atom. The first-order chi connectivity index (χ1) is 10.9. The first-order valence-electron chi connectivity index (χ1n) is 8.59. The zero-order valence-electron chi connectivity index (χ0n) is 14.7. The normalized spacial score (nSPS) is 25.6. The van der Waals surface area contributed by atoms with Crippen LogP contribution in [0.15, 0.2) is 48.1 Å². The van der Waals surface area contributed by atoms with Gasteiger partial charge in [-0.05, 0) is 42.7 Å². The number of nitrogens with zero attached hydrogens (tertiary/aromatic N) is 1. The number of amides is 1. The van der Waals surface area contributed by atoms with E-state index in [1.54, 1.807) is 0 Å². The molecule has 1 aromatic carbocycles. The van der Waals surface area contributed by atoms with E-state index in [1.165, 1.54) is 16.7 Å². The fourth-order valence-corrected chi connectivity index (χ4v) is 3.80. The SMILES string of the molecule is CC(C)=CC1C(C(=O)N2CC=C(c3ccccc3)CC2)C1(C)C. The second-order valence-electron chi connectivity index (χ2n) is 7.70. The van der Waals surface area contributed by atoms with Gasteiger partial charge in [-0.1, -0.05) is 61.9 Å². The zero-order chi connectivity index (χ0) is 16.6. The molecule has 2 unspecified atom stereocenters. The molecular formula is C21H27NO. The molecule has 2 heteroatoms. The predicted molar refractivity (Wildman–Crippen MR) is 95.8 cm³/mol. The van der Waals surface area contributed by atoms with Crippen molar-refractivity contribution in [1.29, 1.82) is 0 Å². The minimum Gasteiger partial charge on any atom is -0.338 e. The minimum atomic E-state index is 0.109. The van der Waals surface area contributed by atoms with Crippen LogP contribution < -0.4 is 0 Å². The third kappa shape index (κ3) is 3.12. The number of carbonyl (C=O) groups is 1. The van der Waals surface area contributed by atoms with Crippen molar-refractivity contribution in [2.75, 3.05) is 13.1 Å². The van der Waals surface area contributed by atoms with E-state index in [1.807, 2.05) is 11.0 Å². The summed E-state index contributed by atoms with van der Waals surface area (Å²) < 4.78 is 0. The number of benzene rings is 1. The topological polar surface area (TPSA) is 20.3 Å². The summed E-state index contributed by atoms with van der Waals surface area (Å²) in [5.41, 5.74) is 4.07. The van der Waals surface area contributed by atoms with Crippen molar-refractivity contribution >= 4 is 11.5 Å². The van der Waals surface area contributed by atoms with Crippen LogP contribution in [0.3, 0.4) is 0 Å². The lowest BCUT2D eigenvalue weighted by atomic mass is 9.99. The molecule has 1 aliphatic carbocycles. The van der Waals surface area contributed by atoms with Gasteiger partial charge in [0, 0.05) is 13.1 Å². The van der Waals surface area contributed by atoms with E-state index in [-0.39, 0.29) is 11.3 Å². The summed E-state index contributed by atoms with van der Waals surface area (Å²) in [4.78, 5) is 14.9. The van der Waals surface area contributed by atoms with Gasteiger partial charge in [0.2, 0.25) is 5.91 Å². The molecule has 1 amide bonds. The molecule has 2 nitrogen and oxygen atoms in total. The molecule has 1 aromatic rings. The fraction of sp³-hybridized carbons (Fsp3) is 0.476. The van der Waals surface area contributed by atoms with Gasteiger partial charge >= 0.3 is 0 Å². The summed E-state index contributed by atoms with van der Waals surface area (Å²) in [6, 6.07) is 10.5. The maximum Gasteiger partial charge on any atom is 0.227 e. The summed E-state index contributed by atoms with van der Waals surface area (Å²) in [6.07, 6.45) is 5.45. The zero-order valence-corrected chi connectivity index (χ0v) is 14.7. The molecule has 0 spiro atoms. The lowest BCUT2D eigenvalue weighted by Gasteiger charge is -2.27. The van der Waals surface area contributed by atoms with Crippen molar-refractivity contribution in [1.82, 2.24) is 4.90 Å². The van der Waals surface area contributed by atoms with Gasteiger partial charge in [-0.2, -0.15) is 0 Å². The van der Waals surface area contributed by atoms with E-state index >= 15 is 0 Å². The maximum atomic E-state index is 12.9. The first-order valence-corrected chi connectivity index (χ1v) is 8.59. The van der Waals surface area contributed by atoms with E-state index < -0.39 is 0 Å². The number of carbonyl (C=O) groups excluding carboxylic acids is 1. The quantitative estimate of drug-likeness (QED) is 0.751. The van der Waals surface area contributed by atoms with Gasteiger partial charge in [-0.25, -0.2) is 0 Å². The van der Waals surface area contributed by atoms with Crippen LogP contribution in [0.2, 0.25) is 0 Å². The molecule has 122 valence electrons. The van der Waals surface area contributed by atoms with Gasteiger partial charge in [0.25, 0.3) is 0 Å². The number of hydrogen-bond acceptors (Lipinski definition) is 1. The third-order valence-corrected chi connectivity index (χ3v) is 5.36. The Morgan fingerprint density at radius 3 is 2.48 bits per heavy atom. The van der Waals surface area contributed by atoms with Crippen LogP contribution in [-0.2, 0) is 4.79 Å². The van der Waals surface area contributed by atoms with Crippen molar-refractivity contribution in [3.8, 4) is 0 Å². The van der Waals surface area contributed by atoms with Gasteiger partial charge in [-0.3, -0.25) is 4.79 Å². The molecule has 0 N–H and O–H groups in total. The monoisotopic (exact) mass is 309 g/mol. The summed E-state index contributed by atoms with van der Waals surface area (Å²) in [5.74, 6) is 0.893. The van der Waals surface area contributed by atoms with Crippen molar-refractivity contribution < 1.29 is 4.79 Å². The van der Waals surface area contributed by atoms with Crippen molar-refractivity contribution in [2.24, 2.45) is 17.3 Å². The molecule has 0 bridgehead atoms. The molecule has 2 aliphatic rings. The highest BCUT2D eigenvalue weighted by Gasteiger charge is 2.61. The largest absolute Gasteiger partial charge is 0.338 e. The van der Waals surface area contributed by atoms with E-state index in [4.69, 9.17) is 0 Å². The molecule has 0 aromatic heterocycles. The molecule has 1 saturated carbocycles. The van der Waals surface area contributed by atoms with Crippen LogP contribution in [0.25, 0.3) is 5.57 Å². The number of allylic oxidation sites excluding steroid dienone is 2. The highest BCUT2D eigenvalue weighted by atomic mass is 16.2. The molecule has 2 atom stereocenters. The Balaban J connectivity index is 1.67. The number of hydrogen-bond donors (Lipinski definition) is 0. The molecule has 1 fully saturated rings. The van der Waals surface area contributed by atoms with Crippen molar-refractivity contribution in [3.63, 3.8) is 0 Å². The molecular weight excluding hydrogens is 282 g/mol. The Kier molecular flexibility index (Phi) is 4.18. The Hall–Kier alpha value is -1.83. The average Bonchev–Trinajstić information content (AvgIpc) is 3.07. The highest BCUT2D eigenvalue weighted by Crippen LogP contribution is 2.60. The van der Waals surface area contributed by atoms with Crippen LogP contribution in [0, 0.1) is 17.3 Å². The van der Waals surface area contributed by atoms with Crippen molar-refractivity contribution in [2.45, 2.75) is 34.1 Å². The first kappa shape index (κ1) is 16.0.